The van der Waals surface area contributed by atoms with Crippen molar-refractivity contribution in [2.45, 2.75) is 39.0 Å². The Labute approximate surface area is 88.8 Å². The summed E-state index contributed by atoms with van der Waals surface area (Å²) in [6.45, 7) is 5.60. The maximum Gasteiger partial charge on any atom is 0.000649 e. The number of rotatable bonds is 5. The van der Waals surface area contributed by atoms with Crippen LogP contribution in [0.15, 0.2) is 0 Å². The molecule has 0 bridgehead atoms. The van der Waals surface area contributed by atoms with Gasteiger partial charge in [-0.1, -0.05) is 19.8 Å². The van der Waals surface area contributed by atoms with E-state index in [9.17, 15) is 0 Å². The fourth-order valence-electron chi connectivity index (χ4n) is 2.51. The van der Waals surface area contributed by atoms with Crippen LogP contribution >= 0.6 is 0 Å². The van der Waals surface area contributed by atoms with E-state index in [4.69, 9.17) is 5.73 Å². The first-order valence-electron chi connectivity index (χ1n) is 6.14. The van der Waals surface area contributed by atoms with Crippen molar-refractivity contribution in [3.05, 3.63) is 0 Å². The third-order valence-corrected chi connectivity index (χ3v) is 3.65. The molecule has 2 nitrogen and oxygen atoms in total. The average Bonchev–Trinajstić information content (AvgIpc) is 2.21. The molecule has 0 aromatic rings. The summed E-state index contributed by atoms with van der Waals surface area (Å²) < 4.78 is 0. The van der Waals surface area contributed by atoms with Gasteiger partial charge in [0.25, 0.3) is 0 Å². The molecular formula is C12H26N2. The number of hydrogen-bond donors (Lipinski definition) is 1. The molecule has 0 spiro atoms. The molecule has 0 aromatic heterocycles. The van der Waals surface area contributed by atoms with E-state index in [1.54, 1.807) is 0 Å². The van der Waals surface area contributed by atoms with Crippen LogP contribution in [-0.2, 0) is 0 Å². The van der Waals surface area contributed by atoms with Gasteiger partial charge in [0.2, 0.25) is 0 Å². The van der Waals surface area contributed by atoms with Gasteiger partial charge in [-0.2, -0.15) is 0 Å². The molecule has 2 N–H and O–H groups in total. The number of hydrogen-bond acceptors (Lipinski definition) is 2. The minimum Gasteiger partial charge on any atom is -0.330 e. The van der Waals surface area contributed by atoms with Crippen molar-refractivity contribution in [2.75, 3.05) is 26.7 Å². The smallest absolute Gasteiger partial charge is 0.000649 e. The van der Waals surface area contributed by atoms with Crippen LogP contribution in [0.4, 0.5) is 0 Å². The van der Waals surface area contributed by atoms with Crippen LogP contribution in [0.5, 0.6) is 0 Å². The van der Waals surface area contributed by atoms with Crippen LogP contribution in [0.2, 0.25) is 0 Å². The molecule has 2 heteroatoms. The van der Waals surface area contributed by atoms with Gasteiger partial charge in [-0.25, -0.2) is 0 Å². The topological polar surface area (TPSA) is 29.3 Å². The summed E-state index contributed by atoms with van der Waals surface area (Å²) in [5.74, 6) is 1.89. The van der Waals surface area contributed by atoms with Crippen LogP contribution in [0.25, 0.3) is 0 Å². The Bertz CT molecular complexity index is 139. The summed E-state index contributed by atoms with van der Waals surface area (Å²) in [4.78, 5) is 2.44. The van der Waals surface area contributed by atoms with Crippen molar-refractivity contribution in [2.24, 2.45) is 17.6 Å². The van der Waals surface area contributed by atoms with Crippen molar-refractivity contribution in [1.29, 1.82) is 0 Å². The van der Waals surface area contributed by atoms with Gasteiger partial charge in [0.05, 0.1) is 0 Å². The Hall–Kier alpha value is -0.0800. The monoisotopic (exact) mass is 198 g/mol. The summed E-state index contributed by atoms with van der Waals surface area (Å²) in [6, 6.07) is 0. The van der Waals surface area contributed by atoms with Crippen molar-refractivity contribution < 1.29 is 0 Å². The van der Waals surface area contributed by atoms with E-state index in [-0.39, 0.29) is 0 Å². The molecule has 1 rings (SSSR count). The second-order valence-corrected chi connectivity index (χ2v) is 4.82. The van der Waals surface area contributed by atoms with Gasteiger partial charge in [-0.3, -0.25) is 0 Å². The van der Waals surface area contributed by atoms with E-state index in [0.29, 0.717) is 0 Å². The van der Waals surface area contributed by atoms with Gasteiger partial charge in [0, 0.05) is 6.54 Å². The Morgan fingerprint density at radius 3 is 2.21 bits per heavy atom. The Morgan fingerprint density at radius 1 is 1.14 bits per heavy atom. The standard InChI is InChI=1S/C12H26N2/c1-3-14(2)10-12-6-4-11(5-7-12)8-9-13/h11-12H,3-10,13H2,1-2H3. The van der Waals surface area contributed by atoms with E-state index >= 15 is 0 Å². The maximum atomic E-state index is 5.59. The Balaban J connectivity index is 2.15. The second kappa shape index (κ2) is 6.41. The minimum absolute atomic E-state index is 0.879. The first-order valence-corrected chi connectivity index (χ1v) is 6.14. The van der Waals surface area contributed by atoms with E-state index in [1.165, 1.54) is 45.2 Å². The van der Waals surface area contributed by atoms with Gasteiger partial charge in [-0.15, -0.1) is 0 Å². The number of nitrogens with zero attached hydrogens (tertiary/aromatic N) is 1. The molecule has 0 aromatic carbocycles. The molecule has 0 radical (unpaired) electrons. The quantitative estimate of drug-likeness (QED) is 0.733. The summed E-state index contributed by atoms with van der Waals surface area (Å²) in [5.41, 5.74) is 5.59. The lowest BCUT2D eigenvalue weighted by molar-refractivity contribution is 0.204. The number of nitrogens with two attached hydrogens (primary N) is 1. The van der Waals surface area contributed by atoms with Crippen LogP contribution in [0.3, 0.4) is 0 Å². The van der Waals surface area contributed by atoms with Crippen molar-refractivity contribution in [3.8, 4) is 0 Å². The van der Waals surface area contributed by atoms with Crippen molar-refractivity contribution in [3.63, 3.8) is 0 Å². The first kappa shape index (κ1) is 12.0. The zero-order valence-corrected chi connectivity index (χ0v) is 9.84. The summed E-state index contributed by atoms with van der Waals surface area (Å²) in [5, 5.41) is 0. The molecule has 14 heavy (non-hydrogen) atoms. The summed E-state index contributed by atoms with van der Waals surface area (Å²) in [6.07, 6.45) is 6.93. The highest BCUT2D eigenvalue weighted by Gasteiger charge is 2.20. The molecular weight excluding hydrogens is 172 g/mol. The SMILES string of the molecule is CCN(C)CC1CCC(CCN)CC1. The molecule has 1 aliphatic carbocycles. The van der Waals surface area contributed by atoms with E-state index in [2.05, 4.69) is 18.9 Å². The van der Waals surface area contributed by atoms with Crippen molar-refractivity contribution >= 4 is 0 Å². The van der Waals surface area contributed by atoms with Crippen LogP contribution in [0, 0.1) is 11.8 Å². The lowest BCUT2D eigenvalue weighted by Gasteiger charge is -2.30. The highest BCUT2D eigenvalue weighted by molar-refractivity contribution is 4.74. The lowest BCUT2D eigenvalue weighted by Crippen LogP contribution is -2.28. The molecule has 84 valence electrons. The fraction of sp³-hybridized carbons (Fsp3) is 1.00. The third kappa shape index (κ3) is 3.97. The zero-order chi connectivity index (χ0) is 10.4. The minimum atomic E-state index is 0.879. The molecule has 1 saturated carbocycles. The Kier molecular flexibility index (Phi) is 5.49. The van der Waals surface area contributed by atoms with Gasteiger partial charge in [0.15, 0.2) is 0 Å². The summed E-state index contributed by atoms with van der Waals surface area (Å²) in [7, 11) is 2.23. The van der Waals surface area contributed by atoms with Gasteiger partial charge < -0.3 is 10.6 Å². The summed E-state index contributed by atoms with van der Waals surface area (Å²) >= 11 is 0. The van der Waals surface area contributed by atoms with Crippen LogP contribution in [-0.4, -0.2) is 31.6 Å². The largest absolute Gasteiger partial charge is 0.330 e. The van der Waals surface area contributed by atoms with Crippen LogP contribution < -0.4 is 5.73 Å². The first-order chi connectivity index (χ1) is 6.76. The predicted molar refractivity (Wildman–Crippen MR) is 62.3 cm³/mol. The van der Waals surface area contributed by atoms with E-state index < -0.39 is 0 Å². The molecule has 1 aliphatic rings. The highest BCUT2D eigenvalue weighted by Crippen LogP contribution is 2.30. The molecule has 1 fully saturated rings. The van der Waals surface area contributed by atoms with E-state index in [1.807, 2.05) is 0 Å². The van der Waals surface area contributed by atoms with Gasteiger partial charge >= 0.3 is 0 Å². The lowest BCUT2D eigenvalue weighted by atomic mass is 9.80. The third-order valence-electron chi connectivity index (χ3n) is 3.65. The van der Waals surface area contributed by atoms with Crippen molar-refractivity contribution in [1.82, 2.24) is 4.90 Å². The molecule has 0 atom stereocenters. The fourth-order valence-corrected chi connectivity index (χ4v) is 2.51. The molecule has 0 unspecified atom stereocenters. The average molecular weight is 198 g/mol. The maximum absolute atomic E-state index is 5.59. The molecule has 0 saturated heterocycles. The second-order valence-electron chi connectivity index (χ2n) is 4.82. The Morgan fingerprint density at radius 2 is 1.71 bits per heavy atom. The molecule has 0 aliphatic heterocycles. The van der Waals surface area contributed by atoms with E-state index in [0.717, 1.165) is 18.4 Å². The normalized spacial score (nSPS) is 28.3. The zero-order valence-electron chi connectivity index (χ0n) is 9.84. The highest BCUT2D eigenvalue weighted by atomic mass is 15.1. The predicted octanol–water partition coefficient (Wildman–Crippen LogP) is 2.09. The molecule has 0 heterocycles. The van der Waals surface area contributed by atoms with Gasteiger partial charge in [0.1, 0.15) is 0 Å². The van der Waals surface area contributed by atoms with Gasteiger partial charge in [-0.05, 0) is 51.2 Å². The van der Waals surface area contributed by atoms with Crippen LogP contribution in [0.1, 0.15) is 39.0 Å². The molecule has 0 amide bonds.